The van der Waals surface area contributed by atoms with E-state index in [0.717, 1.165) is 5.01 Å². The molecule has 1 unspecified atom stereocenters. The molecule has 1 heterocycles. The van der Waals surface area contributed by atoms with Crippen LogP contribution in [0.4, 0.5) is 0 Å². The number of hydrogen-bond donors (Lipinski definition) is 1. The van der Waals surface area contributed by atoms with Crippen LogP contribution in [0, 0.1) is 0 Å². The van der Waals surface area contributed by atoms with Gasteiger partial charge in [-0.2, -0.15) is 0 Å². The van der Waals surface area contributed by atoms with E-state index in [4.69, 9.17) is 0 Å². The van der Waals surface area contributed by atoms with Crippen molar-refractivity contribution in [1.29, 1.82) is 0 Å². The average Bonchev–Trinajstić information content (AvgIpc) is 2.65. The first-order valence-corrected chi connectivity index (χ1v) is 4.81. The van der Waals surface area contributed by atoms with Gasteiger partial charge in [-0.15, -0.1) is 11.3 Å². The number of rotatable bonds is 4. The van der Waals surface area contributed by atoms with Crippen LogP contribution in [0.1, 0.15) is 11.9 Å². The van der Waals surface area contributed by atoms with Crippen molar-refractivity contribution < 1.29 is 9.53 Å². The van der Waals surface area contributed by atoms with Crippen molar-refractivity contribution in [1.82, 2.24) is 10.3 Å². The highest BCUT2D eigenvalue weighted by molar-refractivity contribution is 7.09. The summed E-state index contributed by atoms with van der Waals surface area (Å²) in [6.45, 7) is 2.37. The summed E-state index contributed by atoms with van der Waals surface area (Å²) >= 11 is 1.56. The summed E-state index contributed by atoms with van der Waals surface area (Å²) in [5.74, 6) is -0.253. The molecular weight excluding hydrogens is 188 g/mol. The molecule has 1 rings (SSSR count). The maximum absolute atomic E-state index is 11.0. The first-order valence-electron chi connectivity index (χ1n) is 3.93. The number of thiazole rings is 1. The minimum atomic E-state index is -0.283. The van der Waals surface area contributed by atoms with E-state index < -0.39 is 0 Å². The zero-order chi connectivity index (χ0) is 9.68. The third kappa shape index (κ3) is 3.12. The van der Waals surface area contributed by atoms with Gasteiger partial charge < -0.3 is 4.74 Å². The molecule has 72 valence electrons. The Bertz CT molecular complexity index is 261. The number of hydrogen-bond acceptors (Lipinski definition) is 5. The zero-order valence-electron chi connectivity index (χ0n) is 7.61. The van der Waals surface area contributed by atoms with E-state index in [1.165, 1.54) is 7.11 Å². The number of nitrogens with zero attached hydrogens (tertiary/aromatic N) is 1. The Hall–Kier alpha value is -0.940. The summed E-state index contributed by atoms with van der Waals surface area (Å²) in [4.78, 5) is 15.0. The normalized spacial score (nSPS) is 12.5. The Morgan fingerprint density at radius 1 is 1.85 bits per heavy atom. The van der Waals surface area contributed by atoms with E-state index in [2.05, 4.69) is 15.0 Å². The SMILES string of the molecule is COC(=O)C(C)NCc1nccs1. The van der Waals surface area contributed by atoms with Crippen LogP contribution in [0.5, 0.6) is 0 Å². The van der Waals surface area contributed by atoms with E-state index in [0.29, 0.717) is 6.54 Å². The van der Waals surface area contributed by atoms with E-state index in [1.807, 2.05) is 5.38 Å². The monoisotopic (exact) mass is 200 g/mol. The lowest BCUT2D eigenvalue weighted by Gasteiger charge is -2.09. The minimum absolute atomic E-state index is 0.253. The summed E-state index contributed by atoms with van der Waals surface area (Å²) in [5, 5.41) is 5.88. The van der Waals surface area contributed by atoms with Gasteiger partial charge >= 0.3 is 5.97 Å². The van der Waals surface area contributed by atoms with Gasteiger partial charge in [0.05, 0.1) is 7.11 Å². The van der Waals surface area contributed by atoms with Gasteiger partial charge in [0.25, 0.3) is 0 Å². The van der Waals surface area contributed by atoms with Crippen molar-refractivity contribution in [2.75, 3.05) is 7.11 Å². The molecule has 13 heavy (non-hydrogen) atoms. The number of aromatic nitrogens is 1. The maximum atomic E-state index is 11.0. The molecule has 0 amide bonds. The zero-order valence-corrected chi connectivity index (χ0v) is 8.43. The number of nitrogens with one attached hydrogen (secondary N) is 1. The minimum Gasteiger partial charge on any atom is -0.468 e. The second-order valence-electron chi connectivity index (χ2n) is 2.55. The van der Waals surface area contributed by atoms with Crippen molar-refractivity contribution in [3.8, 4) is 0 Å². The highest BCUT2D eigenvalue weighted by atomic mass is 32.1. The van der Waals surface area contributed by atoms with Gasteiger partial charge in [0, 0.05) is 18.1 Å². The fourth-order valence-corrected chi connectivity index (χ4v) is 1.41. The van der Waals surface area contributed by atoms with Gasteiger partial charge in [-0.05, 0) is 6.92 Å². The highest BCUT2D eigenvalue weighted by Gasteiger charge is 2.11. The number of esters is 1. The Kier molecular flexibility index (Phi) is 3.85. The van der Waals surface area contributed by atoms with Crippen LogP contribution >= 0.6 is 11.3 Å². The Morgan fingerprint density at radius 3 is 3.15 bits per heavy atom. The van der Waals surface area contributed by atoms with Crippen molar-refractivity contribution in [2.24, 2.45) is 0 Å². The van der Waals surface area contributed by atoms with E-state index in [9.17, 15) is 4.79 Å². The van der Waals surface area contributed by atoms with Crippen LogP contribution < -0.4 is 5.32 Å². The molecule has 1 atom stereocenters. The number of carbonyl (C=O) groups is 1. The summed E-state index contributed by atoms with van der Waals surface area (Å²) in [7, 11) is 1.38. The van der Waals surface area contributed by atoms with Crippen LogP contribution in [0.3, 0.4) is 0 Å². The van der Waals surface area contributed by atoms with Gasteiger partial charge in [0.2, 0.25) is 0 Å². The molecular formula is C8H12N2O2S. The summed E-state index contributed by atoms with van der Waals surface area (Å²) in [6, 6.07) is -0.283. The molecule has 0 aliphatic carbocycles. The quantitative estimate of drug-likeness (QED) is 0.730. The molecule has 1 N–H and O–H groups in total. The van der Waals surface area contributed by atoms with Gasteiger partial charge in [-0.25, -0.2) is 4.98 Å². The molecule has 0 radical (unpaired) electrons. The standard InChI is InChI=1S/C8H12N2O2S/c1-6(8(11)12-2)10-5-7-9-3-4-13-7/h3-4,6,10H,5H2,1-2H3. The Labute approximate surface area is 80.9 Å². The number of carbonyl (C=O) groups excluding carboxylic acids is 1. The molecule has 1 aromatic heterocycles. The molecule has 0 saturated carbocycles. The lowest BCUT2D eigenvalue weighted by Crippen LogP contribution is -2.34. The first kappa shape index (κ1) is 10.1. The van der Waals surface area contributed by atoms with Crippen LogP contribution in [-0.2, 0) is 16.1 Å². The molecule has 1 aromatic rings. The average molecular weight is 200 g/mol. The Morgan fingerprint density at radius 2 is 2.62 bits per heavy atom. The number of ether oxygens (including phenoxy) is 1. The van der Waals surface area contributed by atoms with Crippen molar-refractivity contribution in [3.05, 3.63) is 16.6 Å². The molecule has 0 aliphatic heterocycles. The molecule has 0 spiro atoms. The molecule has 0 aromatic carbocycles. The fourth-order valence-electron chi connectivity index (χ4n) is 0.841. The van der Waals surface area contributed by atoms with E-state index in [1.54, 1.807) is 24.5 Å². The molecule has 0 fully saturated rings. The molecule has 0 aliphatic rings. The summed E-state index contributed by atoms with van der Waals surface area (Å²) < 4.78 is 4.56. The first-order chi connectivity index (χ1) is 6.24. The lowest BCUT2D eigenvalue weighted by atomic mass is 10.3. The predicted molar refractivity (Wildman–Crippen MR) is 50.4 cm³/mol. The van der Waals surface area contributed by atoms with Crippen LogP contribution in [-0.4, -0.2) is 24.1 Å². The molecule has 0 saturated heterocycles. The van der Waals surface area contributed by atoms with Gasteiger partial charge in [-0.1, -0.05) is 0 Å². The third-order valence-electron chi connectivity index (χ3n) is 1.60. The predicted octanol–water partition coefficient (Wildman–Crippen LogP) is 0.794. The summed E-state index contributed by atoms with van der Waals surface area (Å²) in [6.07, 6.45) is 1.74. The van der Waals surface area contributed by atoms with Crippen molar-refractivity contribution in [3.63, 3.8) is 0 Å². The van der Waals surface area contributed by atoms with Gasteiger partial charge in [-0.3, -0.25) is 10.1 Å². The van der Waals surface area contributed by atoms with Crippen LogP contribution in [0.15, 0.2) is 11.6 Å². The molecule has 4 nitrogen and oxygen atoms in total. The molecule has 0 bridgehead atoms. The third-order valence-corrected chi connectivity index (χ3v) is 2.38. The topological polar surface area (TPSA) is 51.2 Å². The number of methoxy groups -OCH3 is 1. The van der Waals surface area contributed by atoms with Crippen molar-refractivity contribution in [2.45, 2.75) is 19.5 Å². The Balaban J connectivity index is 2.30. The van der Waals surface area contributed by atoms with Crippen LogP contribution in [0.2, 0.25) is 0 Å². The van der Waals surface area contributed by atoms with Gasteiger partial charge in [0.15, 0.2) is 0 Å². The second kappa shape index (κ2) is 4.94. The highest BCUT2D eigenvalue weighted by Crippen LogP contribution is 2.03. The van der Waals surface area contributed by atoms with Crippen LogP contribution in [0.25, 0.3) is 0 Å². The fraction of sp³-hybridized carbons (Fsp3) is 0.500. The van der Waals surface area contributed by atoms with Crippen molar-refractivity contribution >= 4 is 17.3 Å². The van der Waals surface area contributed by atoms with Gasteiger partial charge in [0.1, 0.15) is 11.0 Å². The maximum Gasteiger partial charge on any atom is 0.322 e. The smallest absolute Gasteiger partial charge is 0.322 e. The molecule has 5 heteroatoms. The van der Waals surface area contributed by atoms with E-state index >= 15 is 0 Å². The lowest BCUT2D eigenvalue weighted by molar-refractivity contribution is -0.142. The van der Waals surface area contributed by atoms with E-state index in [-0.39, 0.29) is 12.0 Å². The second-order valence-corrected chi connectivity index (χ2v) is 3.53. The summed E-state index contributed by atoms with van der Waals surface area (Å²) in [5.41, 5.74) is 0. The largest absolute Gasteiger partial charge is 0.468 e.